The van der Waals surface area contributed by atoms with Gasteiger partial charge in [0.1, 0.15) is 30.3 Å². The molecule has 0 amide bonds. The Hall–Kier alpha value is -4.16. The smallest absolute Gasteiger partial charge is 0.172 e. The Morgan fingerprint density at radius 2 is 1.93 bits per heavy atom. The molecule has 1 aliphatic carbocycles. The van der Waals surface area contributed by atoms with E-state index in [0.717, 1.165) is 34.2 Å². The molecule has 0 radical (unpaired) electrons. The molecule has 42 heavy (non-hydrogen) atoms. The fourth-order valence-corrected chi connectivity index (χ4v) is 5.33. The number of hydrogen-bond donors (Lipinski definition) is 2. The molecule has 4 aromatic rings. The Bertz CT molecular complexity index is 1620. The Morgan fingerprint density at radius 3 is 2.71 bits per heavy atom. The van der Waals surface area contributed by atoms with Crippen molar-refractivity contribution in [2.24, 2.45) is 0 Å². The lowest BCUT2D eigenvalue weighted by Gasteiger charge is -2.20. The molecule has 0 fully saturated rings. The predicted octanol–water partition coefficient (Wildman–Crippen LogP) is 6.54. The van der Waals surface area contributed by atoms with Crippen LogP contribution in [0.15, 0.2) is 67.0 Å². The number of aliphatic hydroxyl groups excluding tert-OH is 1. The number of aromatic nitrogens is 1. The Labute approximate surface area is 249 Å². The summed E-state index contributed by atoms with van der Waals surface area (Å²) in [5.41, 5.74) is 5.31. The standard InChI is InChI=1S/C33H31ClFN3O4/c1-20(18-39)38-17-23-12-28(34)32(13-31(23)41-19-22-11-21(14-36)15-37-16-22)42-29-10-9-25-24(5-3-6-26(25)29)27-7-4-8-30(40-2)33(27)35/h3-8,11-13,15-16,20,29,38-39H,9-10,17-19H2,1-2H3/t20-,29+/m1/s1. The molecule has 7 nitrogen and oxygen atoms in total. The average Bonchev–Trinajstić information content (AvgIpc) is 3.43. The first-order valence-electron chi connectivity index (χ1n) is 13.7. The molecule has 0 aliphatic heterocycles. The zero-order chi connectivity index (χ0) is 29.6. The summed E-state index contributed by atoms with van der Waals surface area (Å²) in [6, 6.07) is 18.2. The molecular weight excluding hydrogens is 557 g/mol. The van der Waals surface area contributed by atoms with Gasteiger partial charge >= 0.3 is 0 Å². The molecule has 0 saturated heterocycles. The van der Waals surface area contributed by atoms with Gasteiger partial charge in [-0.15, -0.1) is 0 Å². The van der Waals surface area contributed by atoms with Gasteiger partial charge in [0.15, 0.2) is 11.6 Å². The molecule has 0 saturated carbocycles. The maximum Gasteiger partial charge on any atom is 0.172 e. The fraction of sp³-hybridized carbons (Fsp3) is 0.273. The molecule has 2 N–H and O–H groups in total. The molecule has 2 atom stereocenters. The average molecular weight is 588 g/mol. The lowest BCUT2D eigenvalue weighted by atomic mass is 9.96. The monoisotopic (exact) mass is 587 g/mol. The number of pyridine rings is 1. The molecule has 0 bridgehead atoms. The second kappa shape index (κ2) is 13.2. The highest BCUT2D eigenvalue weighted by Crippen LogP contribution is 2.43. The predicted molar refractivity (Wildman–Crippen MR) is 158 cm³/mol. The summed E-state index contributed by atoms with van der Waals surface area (Å²) in [4.78, 5) is 4.11. The van der Waals surface area contributed by atoms with Crippen molar-refractivity contribution in [1.29, 1.82) is 5.26 Å². The van der Waals surface area contributed by atoms with Gasteiger partial charge in [0.2, 0.25) is 0 Å². The highest BCUT2D eigenvalue weighted by Gasteiger charge is 2.28. The van der Waals surface area contributed by atoms with Crippen LogP contribution >= 0.6 is 11.6 Å². The first-order valence-corrected chi connectivity index (χ1v) is 14.0. The van der Waals surface area contributed by atoms with Gasteiger partial charge in [-0.05, 0) is 54.7 Å². The number of nitrogens with one attached hydrogen (secondary N) is 1. The van der Waals surface area contributed by atoms with Crippen LogP contribution in [-0.2, 0) is 19.6 Å². The minimum atomic E-state index is -0.391. The van der Waals surface area contributed by atoms with Gasteiger partial charge in [-0.1, -0.05) is 41.9 Å². The minimum Gasteiger partial charge on any atom is -0.494 e. The molecule has 1 heterocycles. The van der Waals surface area contributed by atoms with Gasteiger partial charge in [-0.3, -0.25) is 4.98 Å². The number of rotatable bonds is 11. The maximum atomic E-state index is 15.2. The summed E-state index contributed by atoms with van der Waals surface area (Å²) in [5.74, 6) is 0.830. The number of aliphatic hydroxyl groups is 1. The number of nitriles is 1. The number of hydrogen-bond acceptors (Lipinski definition) is 7. The Kier molecular flexibility index (Phi) is 9.23. The quantitative estimate of drug-likeness (QED) is 0.206. The molecular formula is C33H31ClFN3O4. The summed E-state index contributed by atoms with van der Waals surface area (Å²) >= 11 is 6.73. The normalized spacial score (nSPS) is 14.6. The van der Waals surface area contributed by atoms with E-state index in [0.29, 0.717) is 40.6 Å². The van der Waals surface area contributed by atoms with Crippen LogP contribution in [0.3, 0.4) is 0 Å². The number of ether oxygens (including phenoxy) is 3. The highest BCUT2D eigenvalue weighted by molar-refractivity contribution is 6.32. The third kappa shape index (κ3) is 6.34. The van der Waals surface area contributed by atoms with Crippen molar-refractivity contribution in [2.45, 2.75) is 45.1 Å². The topological polar surface area (TPSA) is 96.6 Å². The van der Waals surface area contributed by atoms with Crippen molar-refractivity contribution in [2.75, 3.05) is 13.7 Å². The number of methoxy groups -OCH3 is 1. The molecule has 0 spiro atoms. The van der Waals surface area contributed by atoms with E-state index < -0.39 is 5.82 Å². The van der Waals surface area contributed by atoms with Crippen LogP contribution < -0.4 is 19.5 Å². The molecule has 1 aliphatic rings. The third-order valence-corrected chi connectivity index (χ3v) is 7.60. The van der Waals surface area contributed by atoms with E-state index in [9.17, 15) is 10.4 Å². The van der Waals surface area contributed by atoms with E-state index in [4.69, 9.17) is 25.8 Å². The van der Waals surface area contributed by atoms with E-state index in [2.05, 4.69) is 16.4 Å². The van der Waals surface area contributed by atoms with Crippen molar-refractivity contribution in [3.05, 3.63) is 106 Å². The lowest BCUT2D eigenvalue weighted by Crippen LogP contribution is -2.28. The summed E-state index contributed by atoms with van der Waals surface area (Å²) in [6.07, 6.45) is 4.29. The fourth-order valence-electron chi connectivity index (χ4n) is 5.10. The zero-order valence-electron chi connectivity index (χ0n) is 23.4. The molecule has 9 heteroatoms. The van der Waals surface area contributed by atoms with Crippen LogP contribution in [0.25, 0.3) is 11.1 Å². The van der Waals surface area contributed by atoms with Crippen LogP contribution in [-0.4, -0.2) is 29.8 Å². The summed E-state index contributed by atoms with van der Waals surface area (Å²) in [7, 11) is 1.46. The minimum absolute atomic E-state index is 0.0134. The highest BCUT2D eigenvalue weighted by atomic mass is 35.5. The van der Waals surface area contributed by atoms with Crippen molar-refractivity contribution in [1.82, 2.24) is 10.3 Å². The van der Waals surface area contributed by atoms with Crippen LogP contribution in [0.5, 0.6) is 17.2 Å². The number of benzene rings is 3. The van der Waals surface area contributed by atoms with Crippen molar-refractivity contribution < 1.29 is 23.7 Å². The van der Waals surface area contributed by atoms with Gasteiger partial charge in [0.05, 0.1) is 24.3 Å². The van der Waals surface area contributed by atoms with Crippen molar-refractivity contribution in [3.63, 3.8) is 0 Å². The Balaban J connectivity index is 1.43. The summed E-state index contributed by atoms with van der Waals surface area (Å²) in [6.45, 7) is 2.46. The van der Waals surface area contributed by atoms with Crippen LogP contribution in [0.1, 0.15) is 47.3 Å². The Morgan fingerprint density at radius 1 is 1.12 bits per heavy atom. The molecule has 0 unspecified atom stereocenters. The molecule has 216 valence electrons. The zero-order valence-corrected chi connectivity index (χ0v) is 24.1. The first kappa shape index (κ1) is 29.3. The first-order chi connectivity index (χ1) is 20.4. The van der Waals surface area contributed by atoms with E-state index in [1.165, 1.54) is 13.3 Å². The van der Waals surface area contributed by atoms with Gasteiger partial charge in [0.25, 0.3) is 0 Å². The van der Waals surface area contributed by atoms with Gasteiger partial charge in [-0.25, -0.2) is 4.39 Å². The van der Waals surface area contributed by atoms with Crippen molar-refractivity contribution in [3.8, 4) is 34.4 Å². The maximum absolute atomic E-state index is 15.2. The SMILES string of the molecule is COc1cccc(-c2cccc3c2CC[C@@H]3Oc2cc(OCc3cncc(C#N)c3)c(CN[C@H](C)CO)cc2Cl)c1F. The number of halogens is 2. The second-order valence-electron chi connectivity index (χ2n) is 10.2. The van der Waals surface area contributed by atoms with Gasteiger partial charge in [0, 0.05) is 47.7 Å². The molecule has 5 rings (SSSR count). The third-order valence-electron chi connectivity index (χ3n) is 7.31. The molecule has 1 aromatic heterocycles. The number of nitrogens with zero attached hydrogens (tertiary/aromatic N) is 2. The van der Waals surface area contributed by atoms with E-state index in [1.54, 1.807) is 42.6 Å². The van der Waals surface area contributed by atoms with Gasteiger partial charge in [-0.2, -0.15) is 5.26 Å². The van der Waals surface area contributed by atoms with Crippen molar-refractivity contribution >= 4 is 11.6 Å². The lowest BCUT2D eigenvalue weighted by molar-refractivity contribution is 0.205. The van der Waals surface area contributed by atoms with Gasteiger partial charge < -0.3 is 24.6 Å². The van der Waals surface area contributed by atoms with Crippen LogP contribution in [0.4, 0.5) is 4.39 Å². The van der Waals surface area contributed by atoms with E-state index >= 15 is 4.39 Å². The number of fused-ring (bicyclic) bond motifs is 1. The van der Waals surface area contributed by atoms with Crippen LogP contribution in [0, 0.1) is 17.1 Å². The second-order valence-corrected chi connectivity index (χ2v) is 10.6. The van der Waals surface area contributed by atoms with E-state index in [1.807, 2.05) is 25.1 Å². The molecule has 3 aromatic carbocycles. The van der Waals surface area contributed by atoms with Crippen LogP contribution in [0.2, 0.25) is 5.02 Å². The largest absolute Gasteiger partial charge is 0.494 e. The summed E-state index contributed by atoms with van der Waals surface area (Å²) in [5, 5.41) is 22.3. The van der Waals surface area contributed by atoms with E-state index in [-0.39, 0.29) is 31.1 Å². The summed E-state index contributed by atoms with van der Waals surface area (Å²) < 4.78 is 33.0.